The molecule has 3 nitrogen and oxygen atoms in total. The van der Waals surface area contributed by atoms with Gasteiger partial charge in [0.25, 0.3) is 0 Å². The monoisotopic (exact) mass is 264 g/mol. The third-order valence-corrected chi connectivity index (χ3v) is 3.53. The number of nitrogens with two attached hydrogens (primary N) is 1. The van der Waals surface area contributed by atoms with Crippen LogP contribution in [0.15, 0.2) is 24.3 Å². The zero-order chi connectivity index (χ0) is 13.9. The second-order valence-corrected chi connectivity index (χ2v) is 5.66. The Bertz CT molecular complexity index is 449. The van der Waals surface area contributed by atoms with Crippen LogP contribution in [0.3, 0.4) is 0 Å². The van der Waals surface area contributed by atoms with E-state index in [2.05, 4.69) is 19.2 Å². The molecule has 0 heterocycles. The number of anilines is 1. The summed E-state index contributed by atoms with van der Waals surface area (Å²) in [4.78, 5) is 12.2. The molecule has 0 saturated heterocycles. The first kappa shape index (κ1) is 14.6. The number of hydrogen-bond donors (Lipinski definition) is 2. The predicted octanol–water partition coefficient (Wildman–Crippen LogP) is 3.06. The lowest BCUT2D eigenvalue weighted by atomic mass is 9.92. The van der Waals surface area contributed by atoms with E-state index in [9.17, 15) is 4.79 Å². The van der Waals surface area contributed by atoms with Crippen molar-refractivity contribution in [3.63, 3.8) is 0 Å². The minimum Gasteiger partial charge on any atom is -0.392 e. The van der Waals surface area contributed by atoms with Gasteiger partial charge in [0.2, 0.25) is 5.91 Å². The highest BCUT2D eigenvalue weighted by atomic mass is 32.1. The molecule has 1 aromatic rings. The number of hydrogen-bond acceptors (Lipinski definition) is 2. The van der Waals surface area contributed by atoms with Gasteiger partial charge in [0, 0.05) is 5.69 Å². The number of rotatable bonds is 4. The largest absolute Gasteiger partial charge is 0.392 e. The molecule has 0 fully saturated rings. The Kier molecular flexibility index (Phi) is 4.46. The maximum atomic E-state index is 12.0. The summed E-state index contributed by atoms with van der Waals surface area (Å²) in [5, 5.41) is 2.82. The first-order chi connectivity index (χ1) is 8.25. The molecule has 1 amide bonds. The van der Waals surface area contributed by atoms with Crippen molar-refractivity contribution in [2.45, 2.75) is 33.6 Å². The van der Waals surface area contributed by atoms with Gasteiger partial charge < -0.3 is 11.1 Å². The molecule has 0 radical (unpaired) electrons. The Morgan fingerprint density at radius 2 is 1.78 bits per heavy atom. The van der Waals surface area contributed by atoms with Crippen molar-refractivity contribution in [1.82, 2.24) is 0 Å². The second-order valence-electron chi connectivity index (χ2n) is 5.22. The first-order valence-corrected chi connectivity index (χ1v) is 6.37. The molecule has 0 aliphatic heterocycles. The molecule has 0 bridgehead atoms. The van der Waals surface area contributed by atoms with Crippen LogP contribution in [0.4, 0.5) is 5.69 Å². The van der Waals surface area contributed by atoms with Crippen molar-refractivity contribution < 1.29 is 4.79 Å². The summed E-state index contributed by atoms with van der Waals surface area (Å²) in [5.74, 6) is 0.287. The van der Waals surface area contributed by atoms with Gasteiger partial charge in [-0.1, -0.05) is 38.2 Å². The van der Waals surface area contributed by atoms with Crippen LogP contribution in [0.25, 0.3) is 0 Å². The van der Waals surface area contributed by atoms with Crippen LogP contribution in [-0.4, -0.2) is 10.9 Å². The van der Waals surface area contributed by atoms with Crippen molar-refractivity contribution in [2.75, 3.05) is 5.32 Å². The second kappa shape index (κ2) is 5.48. The fourth-order valence-electron chi connectivity index (χ4n) is 1.35. The van der Waals surface area contributed by atoms with E-state index in [4.69, 9.17) is 18.0 Å². The minimum absolute atomic E-state index is 0.188. The smallest absolute Gasteiger partial charge is 0.236 e. The summed E-state index contributed by atoms with van der Waals surface area (Å²) in [5.41, 5.74) is 6.71. The standard InChI is InChI=1S/C14H20N2OS/c1-9(2)10-5-7-11(8-6-10)16-13(17)14(3,4)12(15)18/h5-9H,1-4H3,(H2,15,18)(H,16,17). The minimum atomic E-state index is -0.841. The molecule has 1 aromatic carbocycles. The molecule has 4 heteroatoms. The van der Waals surface area contributed by atoms with Crippen LogP contribution >= 0.6 is 12.2 Å². The Morgan fingerprint density at radius 1 is 1.28 bits per heavy atom. The van der Waals surface area contributed by atoms with Gasteiger partial charge in [0.15, 0.2) is 0 Å². The van der Waals surface area contributed by atoms with E-state index in [-0.39, 0.29) is 10.9 Å². The molecule has 0 aliphatic carbocycles. The third kappa shape index (κ3) is 3.29. The SMILES string of the molecule is CC(C)c1ccc(NC(=O)C(C)(C)C(N)=S)cc1. The highest BCUT2D eigenvalue weighted by molar-refractivity contribution is 7.80. The van der Waals surface area contributed by atoms with Crippen LogP contribution in [0, 0.1) is 5.41 Å². The molecule has 1 rings (SSSR count). The lowest BCUT2D eigenvalue weighted by molar-refractivity contribution is -0.121. The van der Waals surface area contributed by atoms with E-state index in [1.165, 1.54) is 5.56 Å². The van der Waals surface area contributed by atoms with Crippen LogP contribution in [-0.2, 0) is 4.79 Å². The van der Waals surface area contributed by atoms with Crippen LogP contribution in [0.1, 0.15) is 39.2 Å². The molecule has 98 valence electrons. The van der Waals surface area contributed by atoms with E-state index in [1.54, 1.807) is 13.8 Å². The Hall–Kier alpha value is -1.42. The van der Waals surface area contributed by atoms with Gasteiger partial charge >= 0.3 is 0 Å². The summed E-state index contributed by atoms with van der Waals surface area (Å²) in [6, 6.07) is 7.80. The molecule has 0 aromatic heterocycles. The van der Waals surface area contributed by atoms with E-state index in [1.807, 2.05) is 24.3 Å². The maximum absolute atomic E-state index is 12.0. The van der Waals surface area contributed by atoms with Gasteiger partial charge in [-0.25, -0.2) is 0 Å². The molecular weight excluding hydrogens is 244 g/mol. The molecule has 0 unspecified atom stereocenters. The van der Waals surface area contributed by atoms with Gasteiger partial charge in [-0.3, -0.25) is 4.79 Å². The predicted molar refractivity (Wildman–Crippen MR) is 79.7 cm³/mol. The van der Waals surface area contributed by atoms with Gasteiger partial charge in [-0.15, -0.1) is 0 Å². The number of carbonyl (C=O) groups is 1. The molecular formula is C14H20N2OS. The number of thiocarbonyl (C=S) groups is 1. The van der Waals surface area contributed by atoms with Crippen molar-refractivity contribution >= 4 is 28.8 Å². The summed E-state index contributed by atoms with van der Waals surface area (Å²) in [6.07, 6.45) is 0. The van der Waals surface area contributed by atoms with Gasteiger partial charge in [0.05, 0.1) is 10.4 Å². The molecule has 0 spiro atoms. The fraction of sp³-hybridized carbons (Fsp3) is 0.429. The number of carbonyl (C=O) groups excluding carboxylic acids is 1. The summed E-state index contributed by atoms with van der Waals surface area (Å²) < 4.78 is 0. The van der Waals surface area contributed by atoms with Gasteiger partial charge in [-0.2, -0.15) is 0 Å². The molecule has 18 heavy (non-hydrogen) atoms. The zero-order valence-electron chi connectivity index (χ0n) is 11.3. The Balaban J connectivity index is 2.80. The average Bonchev–Trinajstić information content (AvgIpc) is 2.29. The topological polar surface area (TPSA) is 55.1 Å². The summed E-state index contributed by atoms with van der Waals surface area (Å²) >= 11 is 4.90. The maximum Gasteiger partial charge on any atom is 0.236 e. The normalized spacial score (nSPS) is 11.4. The van der Waals surface area contributed by atoms with E-state index >= 15 is 0 Å². The van der Waals surface area contributed by atoms with Crippen molar-refractivity contribution in [1.29, 1.82) is 0 Å². The Labute approximate surface area is 114 Å². The Morgan fingerprint density at radius 3 is 2.17 bits per heavy atom. The van der Waals surface area contributed by atoms with Gasteiger partial charge in [0.1, 0.15) is 0 Å². The molecule has 0 atom stereocenters. The molecule has 0 aliphatic rings. The molecule has 0 saturated carbocycles. The van der Waals surface area contributed by atoms with Crippen molar-refractivity contribution in [3.05, 3.63) is 29.8 Å². The number of amides is 1. The van der Waals surface area contributed by atoms with Gasteiger partial charge in [-0.05, 0) is 37.5 Å². The van der Waals surface area contributed by atoms with E-state index < -0.39 is 5.41 Å². The average molecular weight is 264 g/mol. The molecule has 3 N–H and O–H groups in total. The van der Waals surface area contributed by atoms with Crippen LogP contribution in [0.5, 0.6) is 0 Å². The number of benzene rings is 1. The lowest BCUT2D eigenvalue weighted by Crippen LogP contribution is -2.41. The fourth-order valence-corrected chi connectivity index (χ4v) is 1.44. The number of nitrogens with one attached hydrogen (secondary N) is 1. The van der Waals surface area contributed by atoms with Crippen LogP contribution in [0.2, 0.25) is 0 Å². The van der Waals surface area contributed by atoms with Crippen molar-refractivity contribution in [2.24, 2.45) is 11.1 Å². The quantitative estimate of drug-likeness (QED) is 0.822. The highest BCUT2D eigenvalue weighted by Crippen LogP contribution is 2.21. The highest BCUT2D eigenvalue weighted by Gasteiger charge is 2.30. The van der Waals surface area contributed by atoms with Crippen LogP contribution < -0.4 is 11.1 Å². The van der Waals surface area contributed by atoms with E-state index in [0.717, 1.165) is 5.69 Å². The lowest BCUT2D eigenvalue weighted by Gasteiger charge is -2.22. The third-order valence-electron chi connectivity index (χ3n) is 3.02. The first-order valence-electron chi connectivity index (χ1n) is 5.96. The zero-order valence-corrected chi connectivity index (χ0v) is 12.1. The van der Waals surface area contributed by atoms with E-state index in [0.29, 0.717) is 5.92 Å². The summed E-state index contributed by atoms with van der Waals surface area (Å²) in [6.45, 7) is 7.69. The van der Waals surface area contributed by atoms with Crippen molar-refractivity contribution in [3.8, 4) is 0 Å². The summed E-state index contributed by atoms with van der Waals surface area (Å²) in [7, 11) is 0.